The molecular formula is C21H28N4O2S. The van der Waals surface area contributed by atoms with Crippen LogP contribution >= 0.6 is 11.8 Å². The van der Waals surface area contributed by atoms with Gasteiger partial charge in [0.1, 0.15) is 0 Å². The third kappa shape index (κ3) is 4.06. The first-order valence-electron chi connectivity index (χ1n) is 9.91. The van der Waals surface area contributed by atoms with Crippen LogP contribution in [0.15, 0.2) is 42.1 Å². The lowest BCUT2D eigenvalue weighted by molar-refractivity contribution is -0.119. The van der Waals surface area contributed by atoms with Crippen LogP contribution in [-0.4, -0.2) is 57.5 Å². The smallest absolute Gasteiger partial charge is 0.219 e. The van der Waals surface area contributed by atoms with Crippen molar-refractivity contribution >= 4 is 28.6 Å². The van der Waals surface area contributed by atoms with Crippen molar-refractivity contribution in [1.29, 1.82) is 0 Å². The first-order valence-corrected chi connectivity index (χ1v) is 10.9. The predicted molar refractivity (Wildman–Crippen MR) is 114 cm³/mol. The predicted octanol–water partition coefficient (Wildman–Crippen LogP) is 2.78. The van der Waals surface area contributed by atoms with E-state index >= 15 is 0 Å². The zero-order valence-electron chi connectivity index (χ0n) is 16.2. The Labute approximate surface area is 170 Å². The summed E-state index contributed by atoms with van der Waals surface area (Å²) >= 11 is 1.63. The van der Waals surface area contributed by atoms with Gasteiger partial charge in [-0.25, -0.2) is 0 Å². The average molecular weight is 401 g/mol. The van der Waals surface area contributed by atoms with Crippen molar-refractivity contribution < 1.29 is 9.90 Å². The van der Waals surface area contributed by atoms with Crippen LogP contribution in [0.25, 0.3) is 10.9 Å². The summed E-state index contributed by atoms with van der Waals surface area (Å²) in [6.07, 6.45) is 6.56. The number of aromatic amines is 1. The highest BCUT2D eigenvalue weighted by atomic mass is 32.2. The fourth-order valence-corrected chi connectivity index (χ4v) is 5.12. The number of aliphatic hydroxyl groups is 1. The molecule has 0 spiro atoms. The standard InChI is InChI=1S/C21H28N4O2S/c1-16(26)23-20-25(13-14-28-20)10-4-9-24-11-7-21(27,8-12-24)18-15-22-19-6-3-2-5-17(18)19/h2-3,5-6,13-15,20,22,27H,4,7-12H2,1H3,(H,23,26). The van der Waals surface area contributed by atoms with Gasteiger partial charge in [-0.3, -0.25) is 4.79 Å². The number of carbonyl (C=O) groups is 1. The van der Waals surface area contributed by atoms with Crippen LogP contribution in [0.5, 0.6) is 0 Å². The number of para-hydroxylation sites is 1. The van der Waals surface area contributed by atoms with Crippen LogP contribution < -0.4 is 5.32 Å². The lowest BCUT2D eigenvalue weighted by Crippen LogP contribution is -2.44. The van der Waals surface area contributed by atoms with Gasteiger partial charge >= 0.3 is 0 Å². The number of rotatable bonds is 6. The Morgan fingerprint density at radius 3 is 2.89 bits per heavy atom. The Balaban J connectivity index is 1.27. The molecule has 7 heteroatoms. The Kier molecular flexibility index (Phi) is 5.66. The molecule has 1 unspecified atom stereocenters. The summed E-state index contributed by atoms with van der Waals surface area (Å²) in [5.41, 5.74) is 1.38. The number of aromatic nitrogens is 1. The maximum atomic E-state index is 11.3. The molecule has 1 amide bonds. The Morgan fingerprint density at radius 1 is 1.32 bits per heavy atom. The highest BCUT2D eigenvalue weighted by Gasteiger charge is 2.35. The van der Waals surface area contributed by atoms with E-state index in [0.29, 0.717) is 0 Å². The van der Waals surface area contributed by atoms with Gasteiger partial charge < -0.3 is 25.2 Å². The molecule has 0 radical (unpaired) electrons. The maximum absolute atomic E-state index is 11.3. The molecule has 1 saturated heterocycles. The minimum absolute atomic E-state index is 0.00111. The number of nitrogens with one attached hydrogen (secondary N) is 2. The monoisotopic (exact) mass is 400 g/mol. The maximum Gasteiger partial charge on any atom is 0.219 e. The van der Waals surface area contributed by atoms with Crippen molar-refractivity contribution in [2.24, 2.45) is 0 Å². The lowest BCUT2D eigenvalue weighted by Gasteiger charge is -2.38. The molecule has 3 N–H and O–H groups in total. The minimum Gasteiger partial charge on any atom is -0.385 e. The molecule has 4 rings (SSSR count). The van der Waals surface area contributed by atoms with Gasteiger partial charge in [-0.05, 0) is 37.3 Å². The molecule has 6 nitrogen and oxygen atoms in total. The number of amides is 1. The van der Waals surface area contributed by atoms with Crippen LogP contribution in [0.3, 0.4) is 0 Å². The fourth-order valence-electron chi connectivity index (χ4n) is 4.18. The number of fused-ring (bicyclic) bond motifs is 1. The Bertz CT molecular complexity index is 857. The number of thioether (sulfide) groups is 1. The second kappa shape index (κ2) is 8.19. The summed E-state index contributed by atoms with van der Waals surface area (Å²) in [6, 6.07) is 8.17. The van der Waals surface area contributed by atoms with Gasteiger partial charge in [0.25, 0.3) is 0 Å². The highest BCUT2D eigenvalue weighted by Crippen LogP contribution is 2.37. The van der Waals surface area contributed by atoms with E-state index in [0.717, 1.165) is 61.9 Å². The molecule has 0 saturated carbocycles. The van der Waals surface area contributed by atoms with E-state index < -0.39 is 5.60 Å². The number of H-pyrrole nitrogens is 1. The molecular weight excluding hydrogens is 372 g/mol. The van der Waals surface area contributed by atoms with Gasteiger partial charge in [0, 0.05) is 55.4 Å². The molecule has 150 valence electrons. The van der Waals surface area contributed by atoms with Crippen LogP contribution in [0.1, 0.15) is 31.7 Å². The van der Waals surface area contributed by atoms with E-state index in [1.807, 2.05) is 23.7 Å². The van der Waals surface area contributed by atoms with Crippen molar-refractivity contribution in [2.45, 2.75) is 37.3 Å². The van der Waals surface area contributed by atoms with Crippen molar-refractivity contribution in [3.05, 3.63) is 47.6 Å². The summed E-state index contributed by atoms with van der Waals surface area (Å²) < 4.78 is 0. The number of hydrogen-bond donors (Lipinski definition) is 3. The summed E-state index contributed by atoms with van der Waals surface area (Å²) in [7, 11) is 0. The van der Waals surface area contributed by atoms with Gasteiger partial charge in [0.2, 0.25) is 5.91 Å². The van der Waals surface area contributed by atoms with Crippen molar-refractivity contribution in [1.82, 2.24) is 20.1 Å². The number of likely N-dealkylation sites (tertiary alicyclic amines) is 1. The van der Waals surface area contributed by atoms with Crippen molar-refractivity contribution in [2.75, 3.05) is 26.2 Å². The second-order valence-electron chi connectivity index (χ2n) is 7.69. The van der Waals surface area contributed by atoms with Gasteiger partial charge in [-0.1, -0.05) is 30.0 Å². The number of nitrogens with zero attached hydrogens (tertiary/aromatic N) is 2. The van der Waals surface area contributed by atoms with E-state index in [9.17, 15) is 9.90 Å². The van der Waals surface area contributed by atoms with Crippen molar-refractivity contribution in [3.63, 3.8) is 0 Å². The molecule has 1 fully saturated rings. The highest BCUT2D eigenvalue weighted by molar-refractivity contribution is 8.02. The van der Waals surface area contributed by atoms with Crippen LogP contribution in [0.2, 0.25) is 0 Å². The number of hydrogen-bond acceptors (Lipinski definition) is 5. The number of carbonyl (C=O) groups excluding carboxylic acids is 1. The topological polar surface area (TPSA) is 71.6 Å². The van der Waals surface area contributed by atoms with Gasteiger partial charge in [-0.15, -0.1) is 0 Å². The summed E-state index contributed by atoms with van der Waals surface area (Å²) in [4.78, 5) is 19.2. The summed E-state index contributed by atoms with van der Waals surface area (Å²) in [5.74, 6) is -0.00111. The van der Waals surface area contributed by atoms with E-state index in [4.69, 9.17) is 0 Å². The number of piperidine rings is 1. The van der Waals surface area contributed by atoms with E-state index in [2.05, 4.69) is 38.4 Å². The van der Waals surface area contributed by atoms with E-state index in [1.165, 1.54) is 0 Å². The molecule has 2 aromatic rings. The number of benzene rings is 1. The second-order valence-corrected chi connectivity index (χ2v) is 8.68. The quantitative estimate of drug-likeness (QED) is 0.696. The van der Waals surface area contributed by atoms with E-state index in [1.54, 1.807) is 18.7 Å². The van der Waals surface area contributed by atoms with Crippen molar-refractivity contribution in [3.8, 4) is 0 Å². The third-order valence-corrected chi connectivity index (χ3v) is 6.68. The zero-order valence-corrected chi connectivity index (χ0v) is 17.0. The molecule has 0 aliphatic carbocycles. The van der Waals surface area contributed by atoms with Crippen LogP contribution in [-0.2, 0) is 10.4 Å². The molecule has 0 bridgehead atoms. The fraction of sp³-hybridized carbons (Fsp3) is 0.476. The Morgan fingerprint density at radius 2 is 2.11 bits per heavy atom. The van der Waals surface area contributed by atoms with Gasteiger partial charge in [-0.2, -0.15) is 0 Å². The average Bonchev–Trinajstić information content (AvgIpc) is 3.30. The van der Waals surface area contributed by atoms with Crippen LogP contribution in [0, 0.1) is 0 Å². The molecule has 28 heavy (non-hydrogen) atoms. The third-order valence-electron chi connectivity index (χ3n) is 5.75. The van der Waals surface area contributed by atoms with E-state index in [-0.39, 0.29) is 11.4 Å². The van der Waals surface area contributed by atoms with Gasteiger partial charge in [0.05, 0.1) is 5.60 Å². The zero-order chi connectivity index (χ0) is 19.6. The largest absolute Gasteiger partial charge is 0.385 e. The molecule has 1 aromatic heterocycles. The molecule has 2 aliphatic heterocycles. The molecule has 3 heterocycles. The first-order chi connectivity index (χ1) is 13.5. The summed E-state index contributed by atoms with van der Waals surface area (Å²) in [6.45, 7) is 5.27. The normalized spacial score (nSPS) is 22.1. The SMILES string of the molecule is CC(=O)NC1SC=CN1CCCN1CCC(O)(c2c[nH]c3ccccc23)CC1. The Hall–Kier alpha value is -1.96. The summed E-state index contributed by atoms with van der Waals surface area (Å²) in [5, 5.41) is 17.4. The first kappa shape index (κ1) is 19.4. The minimum atomic E-state index is -0.749. The van der Waals surface area contributed by atoms with Gasteiger partial charge in [0.15, 0.2) is 5.50 Å². The molecule has 2 aliphatic rings. The molecule has 1 atom stereocenters. The lowest BCUT2D eigenvalue weighted by atomic mass is 9.84. The van der Waals surface area contributed by atoms with Crippen LogP contribution in [0.4, 0.5) is 0 Å². The molecule has 1 aromatic carbocycles.